The SMILES string of the molecule is CC(C)Oc1cccc2ccc(-c3nnc4ccc([C@H](N5CCC(O)C5)C(F)(F)F)cn34)nc12. The number of likely N-dealkylation sites (tertiary alicyclic amines) is 1. The first-order chi connectivity index (χ1) is 16.2. The molecule has 2 atom stereocenters. The molecular formula is C24H24F3N5O2. The molecule has 0 spiro atoms. The van der Waals surface area contributed by atoms with Crippen LogP contribution in [-0.2, 0) is 0 Å². The van der Waals surface area contributed by atoms with Gasteiger partial charge in [0, 0.05) is 24.7 Å². The molecule has 0 bridgehead atoms. The minimum absolute atomic E-state index is 0.0257. The van der Waals surface area contributed by atoms with E-state index >= 15 is 0 Å². The second-order valence-corrected chi connectivity index (χ2v) is 8.79. The number of pyridine rings is 2. The number of alkyl halides is 3. The van der Waals surface area contributed by atoms with Gasteiger partial charge in [0.15, 0.2) is 11.5 Å². The Labute approximate surface area is 193 Å². The fraction of sp³-hybridized carbons (Fsp3) is 0.375. The lowest BCUT2D eigenvalue weighted by atomic mass is 10.1. The van der Waals surface area contributed by atoms with E-state index in [0.717, 1.165) is 5.39 Å². The third-order valence-corrected chi connectivity index (χ3v) is 5.89. The standard InChI is InChI=1S/C24H24F3N5O2/c1-14(2)34-19-5-3-4-15-6-8-18(28-21(15)19)23-30-29-20-9-7-16(12-32(20)23)22(24(25,26)27)31-11-10-17(33)13-31/h3-9,12,14,17,22,33H,10-11,13H2,1-2H3/t17?,22-/m0/s1. The number of halogens is 3. The number of hydrogen-bond donors (Lipinski definition) is 1. The number of ether oxygens (including phenoxy) is 1. The average molecular weight is 471 g/mol. The van der Waals surface area contributed by atoms with Crippen molar-refractivity contribution in [3.05, 3.63) is 54.2 Å². The molecule has 178 valence electrons. The van der Waals surface area contributed by atoms with E-state index in [-0.39, 0.29) is 24.8 Å². The van der Waals surface area contributed by atoms with Crippen molar-refractivity contribution in [1.29, 1.82) is 0 Å². The number of aliphatic hydroxyl groups excluding tert-OH is 1. The van der Waals surface area contributed by atoms with E-state index in [1.165, 1.54) is 27.6 Å². The second kappa shape index (κ2) is 8.52. The van der Waals surface area contributed by atoms with Crippen LogP contribution >= 0.6 is 0 Å². The third kappa shape index (κ3) is 4.19. The molecule has 1 fully saturated rings. The number of rotatable bonds is 5. The van der Waals surface area contributed by atoms with E-state index in [9.17, 15) is 18.3 Å². The van der Waals surface area contributed by atoms with Gasteiger partial charge in [-0.1, -0.05) is 24.3 Å². The largest absolute Gasteiger partial charge is 0.489 e. The molecule has 3 aromatic heterocycles. The molecule has 7 nitrogen and oxygen atoms in total. The zero-order valence-electron chi connectivity index (χ0n) is 18.7. The van der Waals surface area contributed by atoms with Gasteiger partial charge in [-0.05, 0) is 44.0 Å². The van der Waals surface area contributed by atoms with E-state index < -0.39 is 18.3 Å². The predicted octanol–water partition coefficient (Wildman–Crippen LogP) is 4.40. The summed E-state index contributed by atoms with van der Waals surface area (Å²) < 4.78 is 49.6. The number of aliphatic hydroxyl groups is 1. The van der Waals surface area contributed by atoms with Crippen molar-refractivity contribution in [2.45, 2.75) is 44.7 Å². The minimum Gasteiger partial charge on any atom is -0.489 e. The Hall–Kier alpha value is -3.24. The first-order valence-electron chi connectivity index (χ1n) is 11.1. The Morgan fingerprint density at radius 1 is 1.09 bits per heavy atom. The number of fused-ring (bicyclic) bond motifs is 2. The highest BCUT2D eigenvalue weighted by Gasteiger charge is 2.46. The average Bonchev–Trinajstić information content (AvgIpc) is 3.38. The third-order valence-electron chi connectivity index (χ3n) is 5.89. The predicted molar refractivity (Wildman–Crippen MR) is 120 cm³/mol. The van der Waals surface area contributed by atoms with Crippen molar-refractivity contribution in [1.82, 2.24) is 24.5 Å². The summed E-state index contributed by atoms with van der Waals surface area (Å²) in [6, 6.07) is 10.4. The molecule has 0 saturated carbocycles. The van der Waals surface area contributed by atoms with Gasteiger partial charge in [-0.15, -0.1) is 10.2 Å². The normalized spacial score (nSPS) is 18.3. The van der Waals surface area contributed by atoms with Gasteiger partial charge >= 0.3 is 6.18 Å². The van der Waals surface area contributed by atoms with Crippen LogP contribution in [0.1, 0.15) is 31.9 Å². The number of β-amino-alcohol motifs (C(OH)–C–C–N with tert-alkyl or cyclic N) is 1. The molecule has 0 aliphatic carbocycles. The van der Waals surface area contributed by atoms with E-state index in [1.54, 1.807) is 6.07 Å². The molecule has 1 aromatic carbocycles. The van der Waals surface area contributed by atoms with Gasteiger partial charge in [-0.25, -0.2) is 4.98 Å². The summed E-state index contributed by atoms with van der Waals surface area (Å²) in [7, 11) is 0. The smallest absolute Gasteiger partial charge is 0.408 e. The molecule has 0 radical (unpaired) electrons. The van der Waals surface area contributed by atoms with Crippen LogP contribution in [-0.4, -0.2) is 61.1 Å². The van der Waals surface area contributed by atoms with E-state index in [4.69, 9.17) is 9.72 Å². The van der Waals surface area contributed by atoms with Crippen LogP contribution in [0.4, 0.5) is 13.2 Å². The highest BCUT2D eigenvalue weighted by Crippen LogP contribution is 2.39. The summed E-state index contributed by atoms with van der Waals surface area (Å²) in [5, 5.41) is 19.0. The van der Waals surface area contributed by atoms with Gasteiger partial charge in [0.05, 0.1) is 12.2 Å². The summed E-state index contributed by atoms with van der Waals surface area (Å²) >= 11 is 0. The molecule has 1 aliphatic heterocycles. The molecular weight excluding hydrogens is 447 g/mol. The van der Waals surface area contributed by atoms with Crippen LogP contribution in [0.25, 0.3) is 28.1 Å². The number of nitrogens with zero attached hydrogens (tertiary/aromatic N) is 5. The Morgan fingerprint density at radius 2 is 1.91 bits per heavy atom. The van der Waals surface area contributed by atoms with Crippen LogP contribution in [0.5, 0.6) is 5.75 Å². The summed E-state index contributed by atoms with van der Waals surface area (Å²) in [6.45, 7) is 3.99. The Morgan fingerprint density at radius 3 is 2.62 bits per heavy atom. The number of hydrogen-bond acceptors (Lipinski definition) is 6. The first-order valence-corrected chi connectivity index (χ1v) is 11.1. The molecule has 1 N–H and O–H groups in total. The molecule has 10 heteroatoms. The summed E-state index contributed by atoms with van der Waals surface area (Å²) in [6.07, 6.45) is -3.58. The fourth-order valence-electron chi connectivity index (χ4n) is 4.45. The molecule has 1 unspecified atom stereocenters. The molecule has 5 rings (SSSR count). The summed E-state index contributed by atoms with van der Waals surface area (Å²) in [4.78, 5) is 5.98. The van der Waals surface area contributed by atoms with Gasteiger partial charge in [0.1, 0.15) is 23.0 Å². The van der Waals surface area contributed by atoms with E-state index in [0.29, 0.717) is 34.9 Å². The number of para-hydroxylation sites is 1. The lowest BCUT2D eigenvalue weighted by Crippen LogP contribution is -2.37. The van der Waals surface area contributed by atoms with E-state index in [1.807, 2.05) is 38.1 Å². The van der Waals surface area contributed by atoms with Crippen molar-refractivity contribution in [2.75, 3.05) is 13.1 Å². The van der Waals surface area contributed by atoms with Crippen molar-refractivity contribution >= 4 is 16.6 Å². The lowest BCUT2D eigenvalue weighted by molar-refractivity contribution is -0.184. The number of aromatic nitrogens is 4. The van der Waals surface area contributed by atoms with Gasteiger partial charge in [-0.2, -0.15) is 13.2 Å². The van der Waals surface area contributed by atoms with Crippen LogP contribution in [0.3, 0.4) is 0 Å². The van der Waals surface area contributed by atoms with Crippen LogP contribution < -0.4 is 4.74 Å². The molecule has 4 aromatic rings. The maximum absolute atomic E-state index is 14.1. The van der Waals surface area contributed by atoms with Crippen molar-refractivity contribution < 1.29 is 23.0 Å². The van der Waals surface area contributed by atoms with Crippen molar-refractivity contribution in [3.63, 3.8) is 0 Å². The van der Waals surface area contributed by atoms with Crippen LogP contribution in [0.15, 0.2) is 48.7 Å². The summed E-state index contributed by atoms with van der Waals surface area (Å²) in [5.74, 6) is 0.953. The fourth-order valence-corrected chi connectivity index (χ4v) is 4.45. The zero-order chi connectivity index (χ0) is 24.0. The molecule has 1 saturated heterocycles. The van der Waals surface area contributed by atoms with Crippen LogP contribution in [0, 0.1) is 0 Å². The molecule has 1 aliphatic rings. The molecule has 34 heavy (non-hydrogen) atoms. The van der Waals surface area contributed by atoms with E-state index in [2.05, 4.69) is 10.2 Å². The minimum atomic E-state index is -4.50. The molecule has 4 heterocycles. The topological polar surface area (TPSA) is 75.8 Å². The zero-order valence-corrected chi connectivity index (χ0v) is 18.7. The van der Waals surface area contributed by atoms with Crippen LogP contribution in [0.2, 0.25) is 0 Å². The number of benzene rings is 1. The Kier molecular flexibility index (Phi) is 5.65. The van der Waals surface area contributed by atoms with Gasteiger partial charge < -0.3 is 9.84 Å². The molecule has 0 amide bonds. The highest BCUT2D eigenvalue weighted by atomic mass is 19.4. The lowest BCUT2D eigenvalue weighted by Gasteiger charge is -2.29. The van der Waals surface area contributed by atoms with Crippen molar-refractivity contribution in [2.24, 2.45) is 0 Å². The highest BCUT2D eigenvalue weighted by molar-refractivity contribution is 5.86. The quantitative estimate of drug-likeness (QED) is 0.465. The maximum atomic E-state index is 14.1. The first kappa shape index (κ1) is 22.5. The Bertz CT molecular complexity index is 1340. The Balaban J connectivity index is 1.60. The monoisotopic (exact) mass is 471 g/mol. The van der Waals surface area contributed by atoms with Gasteiger partial charge in [0.25, 0.3) is 0 Å². The van der Waals surface area contributed by atoms with Crippen molar-refractivity contribution in [3.8, 4) is 17.3 Å². The van der Waals surface area contributed by atoms with Gasteiger partial charge in [-0.3, -0.25) is 9.30 Å². The second-order valence-electron chi connectivity index (χ2n) is 8.79. The maximum Gasteiger partial charge on any atom is 0.408 e. The summed E-state index contributed by atoms with van der Waals surface area (Å²) in [5.41, 5.74) is 1.58. The van der Waals surface area contributed by atoms with Gasteiger partial charge in [0.2, 0.25) is 0 Å².